The molecule has 1 nitrogen and oxygen atoms in total. The molecule has 0 aromatic heterocycles. The third kappa shape index (κ3) is 1.87. The Kier molecular flexibility index (Phi) is 2.86. The van der Waals surface area contributed by atoms with E-state index in [2.05, 4.69) is 26.8 Å². The van der Waals surface area contributed by atoms with Crippen molar-refractivity contribution in [3.05, 3.63) is 40.4 Å². The van der Waals surface area contributed by atoms with Gasteiger partial charge in [0.15, 0.2) is 5.78 Å². The summed E-state index contributed by atoms with van der Waals surface area (Å²) >= 11 is 5.89. The number of fused-ring (bicyclic) bond motifs is 2. The van der Waals surface area contributed by atoms with Crippen molar-refractivity contribution in [1.82, 2.24) is 0 Å². The third-order valence-corrected chi connectivity index (χ3v) is 5.48. The van der Waals surface area contributed by atoms with E-state index in [1.54, 1.807) is 0 Å². The second-order valence-corrected chi connectivity index (χ2v) is 6.96. The van der Waals surface area contributed by atoms with Gasteiger partial charge in [-0.3, -0.25) is 4.79 Å². The predicted molar refractivity (Wildman–Crippen MR) is 79.0 cm³/mol. The van der Waals surface area contributed by atoms with Crippen LogP contribution in [0.1, 0.15) is 32.8 Å². The average molecular weight is 275 g/mol. The molecule has 100 valence electrons. The summed E-state index contributed by atoms with van der Waals surface area (Å²) in [7, 11) is 0. The minimum atomic E-state index is 0.188. The molecular formula is C17H19ClO. The number of benzene rings is 1. The lowest BCUT2D eigenvalue weighted by Gasteiger charge is -2.59. The summed E-state index contributed by atoms with van der Waals surface area (Å²) in [5, 5.41) is 0.731. The first-order chi connectivity index (χ1) is 8.91. The van der Waals surface area contributed by atoms with E-state index in [1.165, 1.54) is 0 Å². The van der Waals surface area contributed by atoms with Crippen LogP contribution in [-0.4, -0.2) is 5.78 Å². The predicted octanol–water partition coefficient (Wildman–Crippen LogP) is 4.60. The fraction of sp³-hybridized carbons (Fsp3) is 0.471. The molecule has 2 heteroatoms. The van der Waals surface area contributed by atoms with E-state index < -0.39 is 0 Å². The lowest BCUT2D eigenvalue weighted by Crippen LogP contribution is -2.57. The number of halogens is 1. The van der Waals surface area contributed by atoms with Gasteiger partial charge >= 0.3 is 0 Å². The molecule has 0 N–H and O–H groups in total. The van der Waals surface area contributed by atoms with Gasteiger partial charge in [-0.1, -0.05) is 44.5 Å². The highest BCUT2D eigenvalue weighted by atomic mass is 35.5. The van der Waals surface area contributed by atoms with Crippen LogP contribution in [0.4, 0.5) is 0 Å². The van der Waals surface area contributed by atoms with Gasteiger partial charge in [0.05, 0.1) is 0 Å². The summed E-state index contributed by atoms with van der Waals surface area (Å²) in [5.74, 6) is 1.60. The zero-order valence-electron chi connectivity index (χ0n) is 11.6. The fourth-order valence-corrected chi connectivity index (χ4v) is 3.96. The number of carbonyl (C=O) groups is 1. The number of hydrogen-bond donors (Lipinski definition) is 0. The quantitative estimate of drug-likeness (QED) is 0.684. The molecular weight excluding hydrogens is 256 g/mol. The molecule has 4 rings (SSSR count). The molecule has 3 atom stereocenters. The summed E-state index contributed by atoms with van der Waals surface area (Å²) in [6.07, 6.45) is 3.13. The number of ketones is 1. The summed E-state index contributed by atoms with van der Waals surface area (Å²) < 4.78 is 0. The van der Waals surface area contributed by atoms with Gasteiger partial charge in [-0.2, -0.15) is 0 Å². The molecule has 3 fully saturated rings. The molecule has 0 radical (unpaired) electrons. The number of rotatable bonds is 1. The van der Waals surface area contributed by atoms with Gasteiger partial charge < -0.3 is 0 Å². The van der Waals surface area contributed by atoms with Crippen LogP contribution < -0.4 is 0 Å². The van der Waals surface area contributed by atoms with Gasteiger partial charge in [-0.25, -0.2) is 0 Å². The number of Topliss-reactive ketones (excluding diaryl/α,β-unsaturated/α-hetero) is 1. The maximum atomic E-state index is 12.6. The number of allylic oxidation sites excluding steroid dienone is 1. The van der Waals surface area contributed by atoms with Gasteiger partial charge in [-0.15, -0.1) is 0 Å². The van der Waals surface area contributed by atoms with Crippen LogP contribution in [0.15, 0.2) is 29.8 Å². The van der Waals surface area contributed by atoms with Crippen LogP contribution in [0.25, 0.3) is 6.08 Å². The van der Waals surface area contributed by atoms with Crippen molar-refractivity contribution in [2.75, 3.05) is 0 Å². The van der Waals surface area contributed by atoms with Gasteiger partial charge in [0.2, 0.25) is 0 Å². The first kappa shape index (κ1) is 12.9. The molecule has 0 heterocycles. The highest BCUT2D eigenvalue weighted by Gasteiger charge is 2.58. The van der Waals surface area contributed by atoms with E-state index in [0.717, 1.165) is 22.6 Å². The summed E-state index contributed by atoms with van der Waals surface area (Å²) in [6.45, 7) is 6.67. The van der Waals surface area contributed by atoms with Crippen LogP contribution >= 0.6 is 11.6 Å². The Labute approximate surface area is 119 Å². The van der Waals surface area contributed by atoms with Crippen molar-refractivity contribution in [1.29, 1.82) is 0 Å². The molecule has 3 saturated carbocycles. The van der Waals surface area contributed by atoms with Crippen LogP contribution in [0.3, 0.4) is 0 Å². The Bertz CT molecular complexity index is 553. The molecule has 1 aromatic carbocycles. The molecule has 0 spiro atoms. The van der Waals surface area contributed by atoms with Crippen molar-refractivity contribution in [2.45, 2.75) is 27.2 Å². The zero-order chi connectivity index (χ0) is 13.8. The molecule has 3 aliphatic carbocycles. The first-order valence-corrected chi connectivity index (χ1v) is 7.30. The van der Waals surface area contributed by atoms with E-state index in [9.17, 15) is 4.79 Å². The van der Waals surface area contributed by atoms with Crippen molar-refractivity contribution in [3.63, 3.8) is 0 Å². The Hall–Kier alpha value is -1.08. The van der Waals surface area contributed by atoms with E-state index in [1.807, 2.05) is 24.3 Å². The van der Waals surface area contributed by atoms with Crippen molar-refractivity contribution < 1.29 is 4.79 Å². The monoisotopic (exact) mass is 274 g/mol. The van der Waals surface area contributed by atoms with Gasteiger partial charge in [0.1, 0.15) is 0 Å². The van der Waals surface area contributed by atoms with E-state index in [4.69, 9.17) is 11.6 Å². The van der Waals surface area contributed by atoms with Crippen LogP contribution in [-0.2, 0) is 4.79 Å². The Morgan fingerprint density at radius 2 is 1.89 bits per heavy atom. The fourth-order valence-electron chi connectivity index (χ4n) is 3.84. The van der Waals surface area contributed by atoms with E-state index >= 15 is 0 Å². The lowest BCUT2D eigenvalue weighted by atomic mass is 9.44. The average Bonchev–Trinajstić information content (AvgIpc) is 2.35. The second kappa shape index (κ2) is 4.21. The Morgan fingerprint density at radius 1 is 1.26 bits per heavy atom. The Morgan fingerprint density at radius 3 is 2.42 bits per heavy atom. The maximum absolute atomic E-state index is 12.6. The van der Waals surface area contributed by atoms with Gasteiger partial charge in [0, 0.05) is 10.9 Å². The lowest BCUT2D eigenvalue weighted by molar-refractivity contribution is -0.146. The molecule has 0 aliphatic heterocycles. The topological polar surface area (TPSA) is 17.1 Å². The molecule has 2 bridgehead atoms. The second-order valence-electron chi connectivity index (χ2n) is 6.52. The normalized spacial score (nSPS) is 34.2. The van der Waals surface area contributed by atoms with Crippen molar-refractivity contribution >= 4 is 23.5 Å². The summed E-state index contributed by atoms with van der Waals surface area (Å²) in [6, 6.07) is 7.69. The minimum absolute atomic E-state index is 0.188. The molecule has 19 heavy (non-hydrogen) atoms. The number of carbonyl (C=O) groups excluding carboxylic acids is 1. The van der Waals surface area contributed by atoms with Crippen molar-refractivity contribution in [3.8, 4) is 0 Å². The molecule has 0 unspecified atom stereocenters. The van der Waals surface area contributed by atoms with Gasteiger partial charge in [-0.05, 0) is 53.0 Å². The van der Waals surface area contributed by atoms with E-state index in [-0.39, 0.29) is 11.3 Å². The maximum Gasteiger partial charge on any atom is 0.162 e. The minimum Gasteiger partial charge on any atom is -0.294 e. The molecule has 0 saturated heterocycles. The highest BCUT2D eigenvalue weighted by molar-refractivity contribution is 6.30. The van der Waals surface area contributed by atoms with E-state index in [0.29, 0.717) is 17.6 Å². The summed E-state index contributed by atoms with van der Waals surface area (Å²) in [5.41, 5.74) is 2.26. The van der Waals surface area contributed by atoms with Crippen molar-refractivity contribution in [2.24, 2.45) is 23.2 Å². The largest absolute Gasteiger partial charge is 0.294 e. The standard InChI is InChI=1S/C17H19ClO/c1-10-13(8-11-4-6-12(18)7-5-11)16(19)15-9-14(10)17(15,2)3/h4-8,10,14-15H,9H2,1-3H3/b13-8-/t10-,14-,15-/m1/s1. The van der Waals surface area contributed by atoms with Crippen LogP contribution in [0.2, 0.25) is 5.02 Å². The molecule has 0 amide bonds. The highest BCUT2D eigenvalue weighted by Crippen LogP contribution is 2.61. The molecule has 1 aromatic rings. The smallest absolute Gasteiger partial charge is 0.162 e. The number of hydrogen-bond acceptors (Lipinski definition) is 1. The summed E-state index contributed by atoms with van der Waals surface area (Å²) in [4.78, 5) is 12.6. The van der Waals surface area contributed by atoms with Crippen LogP contribution in [0, 0.1) is 23.2 Å². The van der Waals surface area contributed by atoms with Gasteiger partial charge in [0.25, 0.3) is 0 Å². The zero-order valence-corrected chi connectivity index (χ0v) is 12.4. The SMILES string of the molecule is C[C@@H]1/C(=C/c2ccc(Cl)cc2)C(=O)[C@H]2C[C@H]1C2(C)C. The Balaban J connectivity index is 1.94. The third-order valence-electron chi connectivity index (χ3n) is 5.23. The van der Waals surface area contributed by atoms with Crippen LogP contribution in [0.5, 0.6) is 0 Å². The molecule has 3 aliphatic rings. The first-order valence-electron chi connectivity index (χ1n) is 6.92.